The van der Waals surface area contributed by atoms with Crippen LogP contribution in [0.4, 0.5) is 0 Å². The van der Waals surface area contributed by atoms with Crippen LogP contribution in [0.3, 0.4) is 0 Å². The Bertz CT molecular complexity index is 412. The van der Waals surface area contributed by atoms with Crippen LogP contribution in [0.2, 0.25) is 10.3 Å². The number of hydrogen-bond donors (Lipinski definition) is 1. The van der Waals surface area contributed by atoms with E-state index in [1.54, 1.807) is 0 Å². The Labute approximate surface area is 91.6 Å². The summed E-state index contributed by atoms with van der Waals surface area (Å²) in [6.07, 6.45) is 0.154. The van der Waals surface area contributed by atoms with E-state index >= 15 is 0 Å². The van der Waals surface area contributed by atoms with E-state index < -0.39 is 10.1 Å². The fourth-order valence-electron chi connectivity index (χ4n) is 0.905. The van der Waals surface area contributed by atoms with Gasteiger partial charge >= 0.3 is 0 Å². The van der Waals surface area contributed by atoms with E-state index in [2.05, 4.69) is 4.98 Å². The van der Waals surface area contributed by atoms with Crippen molar-refractivity contribution in [2.45, 2.75) is 6.42 Å². The third kappa shape index (κ3) is 4.23. The summed E-state index contributed by atoms with van der Waals surface area (Å²) in [7, 11) is -3.95. The van der Waals surface area contributed by atoms with E-state index in [1.807, 2.05) is 0 Å². The molecule has 0 amide bonds. The zero-order chi connectivity index (χ0) is 10.8. The minimum atomic E-state index is -3.95. The quantitative estimate of drug-likeness (QED) is 0.661. The summed E-state index contributed by atoms with van der Waals surface area (Å²) in [5.41, 5.74) is 0.618. The van der Waals surface area contributed by atoms with Crippen molar-refractivity contribution in [3.05, 3.63) is 28.0 Å². The number of pyridine rings is 1. The molecule has 0 atom stereocenters. The fraction of sp³-hybridized carbons (Fsp3) is 0.286. The molecule has 0 saturated heterocycles. The summed E-state index contributed by atoms with van der Waals surface area (Å²) in [5.74, 6) is -0.357. The number of halogens is 2. The first-order valence-electron chi connectivity index (χ1n) is 3.64. The molecule has 0 aliphatic rings. The number of aromatic nitrogens is 1. The van der Waals surface area contributed by atoms with Gasteiger partial charge in [-0.3, -0.25) is 4.55 Å². The van der Waals surface area contributed by atoms with Gasteiger partial charge in [-0.05, 0) is 24.1 Å². The van der Waals surface area contributed by atoms with Crippen LogP contribution < -0.4 is 0 Å². The van der Waals surface area contributed by atoms with Crippen LogP contribution in [-0.2, 0) is 16.5 Å². The smallest absolute Gasteiger partial charge is 0.265 e. The van der Waals surface area contributed by atoms with Gasteiger partial charge in [0.1, 0.15) is 10.3 Å². The highest BCUT2D eigenvalue weighted by atomic mass is 35.5. The average Bonchev–Trinajstić information content (AvgIpc) is 1.97. The molecule has 14 heavy (non-hydrogen) atoms. The SMILES string of the molecule is O=S(=O)(O)CCc1cc(Cl)nc(Cl)c1. The highest BCUT2D eigenvalue weighted by Gasteiger charge is 2.06. The van der Waals surface area contributed by atoms with Crippen molar-refractivity contribution in [3.63, 3.8) is 0 Å². The molecule has 0 bridgehead atoms. The van der Waals surface area contributed by atoms with Gasteiger partial charge < -0.3 is 0 Å². The largest absolute Gasteiger partial charge is 0.286 e. The third-order valence-electron chi connectivity index (χ3n) is 1.47. The molecular formula is C7H7Cl2NO3S. The van der Waals surface area contributed by atoms with Gasteiger partial charge in [0.25, 0.3) is 10.1 Å². The average molecular weight is 256 g/mol. The van der Waals surface area contributed by atoms with Gasteiger partial charge in [-0.15, -0.1) is 0 Å². The van der Waals surface area contributed by atoms with E-state index in [0.29, 0.717) is 5.56 Å². The van der Waals surface area contributed by atoms with E-state index in [4.69, 9.17) is 27.8 Å². The van der Waals surface area contributed by atoms with Crippen LogP contribution in [0.25, 0.3) is 0 Å². The number of hydrogen-bond acceptors (Lipinski definition) is 3. The van der Waals surface area contributed by atoms with Gasteiger partial charge in [-0.1, -0.05) is 23.2 Å². The van der Waals surface area contributed by atoms with Crippen LogP contribution in [0.5, 0.6) is 0 Å². The van der Waals surface area contributed by atoms with E-state index in [-0.39, 0.29) is 22.5 Å². The minimum absolute atomic E-state index is 0.154. The molecule has 7 heteroatoms. The Hall–Kier alpha value is -0.360. The predicted molar refractivity (Wildman–Crippen MR) is 54.4 cm³/mol. The molecule has 0 unspecified atom stereocenters. The van der Waals surface area contributed by atoms with Crippen LogP contribution >= 0.6 is 23.2 Å². The molecule has 0 saturated carbocycles. The fourth-order valence-corrected chi connectivity index (χ4v) is 1.90. The molecule has 1 N–H and O–H groups in total. The van der Waals surface area contributed by atoms with Crippen LogP contribution in [-0.4, -0.2) is 23.7 Å². The molecule has 0 fully saturated rings. The van der Waals surface area contributed by atoms with Crippen molar-refractivity contribution in [1.82, 2.24) is 4.98 Å². The maximum atomic E-state index is 10.4. The molecule has 0 aliphatic carbocycles. The summed E-state index contributed by atoms with van der Waals surface area (Å²) in [5, 5.41) is 0.394. The van der Waals surface area contributed by atoms with E-state index in [1.165, 1.54) is 12.1 Å². The number of rotatable bonds is 3. The van der Waals surface area contributed by atoms with Crippen LogP contribution in [0.15, 0.2) is 12.1 Å². The van der Waals surface area contributed by atoms with Crippen molar-refractivity contribution in [2.24, 2.45) is 0 Å². The van der Waals surface area contributed by atoms with Gasteiger partial charge in [0.05, 0.1) is 5.75 Å². The van der Waals surface area contributed by atoms with Gasteiger partial charge in [-0.2, -0.15) is 8.42 Å². The van der Waals surface area contributed by atoms with E-state index in [0.717, 1.165) is 0 Å². The Morgan fingerprint density at radius 2 is 1.79 bits per heavy atom. The Morgan fingerprint density at radius 3 is 2.21 bits per heavy atom. The molecular weight excluding hydrogens is 249 g/mol. The maximum absolute atomic E-state index is 10.4. The molecule has 1 aromatic heterocycles. The summed E-state index contributed by atoms with van der Waals surface area (Å²) in [4.78, 5) is 3.70. The molecule has 0 aliphatic heterocycles. The Kier molecular flexibility index (Phi) is 3.71. The number of nitrogens with zero attached hydrogens (tertiary/aromatic N) is 1. The van der Waals surface area contributed by atoms with Gasteiger partial charge in [0.15, 0.2) is 0 Å². The lowest BCUT2D eigenvalue weighted by Gasteiger charge is -2.00. The van der Waals surface area contributed by atoms with Gasteiger partial charge in [0, 0.05) is 0 Å². The second-order valence-electron chi connectivity index (χ2n) is 2.66. The number of aryl methyl sites for hydroxylation is 1. The van der Waals surface area contributed by atoms with Crippen molar-refractivity contribution in [2.75, 3.05) is 5.75 Å². The standard InChI is InChI=1S/C7H7Cl2NO3S/c8-6-3-5(4-7(9)10-6)1-2-14(11,12)13/h3-4H,1-2H2,(H,11,12,13). The molecule has 78 valence electrons. The molecule has 1 aromatic rings. The molecule has 0 spiro atoms. The lowest BCUT2D eigenvalue weighted by atomic mass is 10.2. The molecule has 4 nitrogen and oxygen atoms in total. The van der Waals surface area contributed by atoms with Crippen molar-refractivity contribution >= 4 is 33.3 Å². The topological polar surface area (TPSA) is 67.3 Å². The molecule has 1 rings (SSSR count). The van der Waals surface area contributed by atoms with Crippen molar-refractivity contribution < 1.29 is 13.0 Å². The molecule has 1 heterocycles. The Balaban J connectivity index is 2.78. The predicted octanol–water partition coefficient (Wildman–Crippen LogP) is 1.82. The van der Waals surface area contributed by atoms with Gasteiger partial charge in [-0.25, -0.2) is 4.98 Å². The first kappa shape index (κ1) is 11.7. The maximum Gasteiger partial charge on any atom is 0.265 e. The molecule has 0 radical (unpaired) electrons. The summed E-state index contributed by atoms with van der Waals surface area (Å²) < 4.78 is 29.4. The summed E-state index contributed by atoms with van der Waals surface area (Å²) >= 11 is 11.2. The van der Waals surface area contributed by atoms with Crippen molar-refractivity contribution in [3.8, 4) is 0 Å². The highest BCUT2D eigenvalue weighted by molar-refractivity contribution is 7.85. The monoisotopic (exact) mass is 255 g/mol. The normalized spacial score (nSPS) is 11.6. The lowest BCUT2D eigenvalue weighted by molar-refractivity contribution is 0.482. The molecule has 0 aromatic carbocycles. The summed E-state index contributed by atoms with van der Waals surface area (Å²) in [6.45, 7) is 0. The van der Waals surface area contributed by atoms with E-state index in [9.17, 15) is 8.42 Å². The zero-order valence-electron chi connectivity index (χ0n) is 6.94. The summed E-state index contributed by atoms with van der Waals surface area (Å²) in [6, 6.07) is 3.00. The minimum Gasteiger partial charge on any atom is -0.286 e. The van der Waals surface area contributed by atoms with Crippen LogP contribution in [0.1, 0.15) is 5.56 Å². The van der Waals surface area contributed by atoms with Crippen LogP contribution in [0, 0.1) is 0 Å². The second kappa shape index (κ2) is 4.44. The van der Waals surface area contributed by atoms with Crippen molar-refractivity contribution in [1.29, 1.82) is 0 Å². The Morgan fingerprint density at radius 1 is 1.29 bits per heavy atom. The van der Waals surface area contributed by atoms with Gasteiger partial charge in [0.2, 0.25) is 0 Å². The lowest BCUT2D eigenvalue weighted by Crippen LogP contribution is -2.06. The zero-order valence-corrected chi connectivity index (χ0v) is 9.27. The first-order chi connectivity index (χ1) is 6.37. The first-order valence-corrected chi connectivity index (χ1v) is 6.00. The second-order valence-corrected chi connectivity index (χ2v) is 5.00. The highest BCUT2D eigenvalue weighted by Crippen LogP contribution is 2.15. The third-order valence-corrected chi connectivity index (χ3v) is 2.58.